The monoisotopic (exact) mass is 368 g/mol. The van der Waals surface area contributed by atoms with E-state index in [0.717, 1.165) is 47.8 Å². The second kappa shape index (κ2) is 7.27. The van der Waals surface area contributed by atoms with Crippen molar-refractivity contribution in [2.75, 3.05) is 13.2 Å². The van der Waals surface area contributed by atoms with Crippen LogP contribution in [0.1, 0.15) is 53.2 Å². The fourth-order valence-corrected chi connectivity index (χ4v) is 3.76. The highest BCUT2D eigenvalue weighted by atomic mass is 16.5. The first-order chi connectivity index (χ1) is 13.0. The SMILES string of the molecule is Cc1ccc2nc(C3CC3)cc(C(=O)NC(C(=O)O)C3CCCOC3)c2c1. The van der Waals surface area contributed by atoms with E-state index in [1.165, 1.54) is 0 Å². The standard InChI is InChI=1S/C21H24N2O4/c1-12-4-7-17-15(9-12)16(10-18(22-17)13-5-6-13)20(24)23-19(21(25)26)14-3-2-8-27-11-14/h4,7,9-10,13-14,19H,2-3,5-6,8,11H2,1H3,(H,23,24)(H,25,26). The van der Waals surface area contributed by atoms with Crippen LogP contribution in [0.15, 0.2) is 24.3 Å². The molecule has 2 N–H and O–H groups in total. The van der Waals surface area contributed by atoms with Crippen molar-refractivity contribution in [3.05, 3.63) is 41.1 Å². The van der Waals surface area contributed by atoms with Gasteiger partial charge in [0, 0.05) is 29.5 Å². The van der Waals surface area contributed by atoms with E-state index in [1.54, 1.807) is 0 Å². The van der Waals surface area contributed by atoms with Gasteiger partial charge in [-0.2, -0.15) is 0 Å². The van der Waals surface area contributed by atoms with Gasteiger partial charge in [0.1, 0.15) is 6.04 Å². The molecule has 2 unspecified atom stereocenters. The van der Waals surface area contributed by atoms with E-state index in [9.17, 15) is 14.7 Å². The van der Waals surface area contributed by atoms with Gasteiger partial charge >= 0.3 is 5.97 Å². The number of pyridine rings is 1. The summed E-state index contributed by atoms with van der Waals surface area (Å²) in [6.07, 6.45) is 3.72. The maximum atomic E-state index is 13.1. The van der Waals surface area contributed by atoms with Crippen LogP contribution in [0.5, 0.6) is 0 Å². The first kappa shape index (κ1) is 17.9. The van der Waals surface area contributed by atoms with E-state index in [1.807, 2.05) is 31.2 Å². The number of rotatable bonds is 5. The normalized spacial score (nSPS) is 21.0. The van der Waals surface area contributed by atoms with Gasteiger partial charge in [0.05, 0.1) is 17.7 Å². The Kier molecular flexibility index (Phi) is 4.83. The molecule has 1 aromatic heterocycles. The molecular weight excluding hydrogens is 344 g/mol. The number of nitrogens with zero attached hydrogens (tertiary/aromatic N) is 1. The zero-order chi connectivity index (χ0) is 19.0. The molecule has 1 amide bonds. The first-order valence-corrected chi connectivity index (χ1v) is 9.55. The number of benzene rings is 1. The van der Waals surface area contributed by atoms with Crippen LogP contribution in [0.25, 0.3) is 10.9 Å². The lowest BCUT2D eigenvalue weighted by Gasteiger charge is -2.28. The molecule has 0 bridgehead atoms. The topological polar surface area (TPSA) is 88.5 Å². The third kappa shape index (κ3) is 3.81. The minimum absolute atomic E-state index is 0.210. The summed E-state index contributed by atoms with van der Waals surface area (Å²) in [5.41, 5.74) is 3.24. The Morgan fingerprint density at radius 3 is 2.74 bits per heavy atom. The number of aromatic nitrogens is 1. The summed E-state index contributed by atoms with van der Waals surface area (Å²) >= 11 is 0. The Hall–Kier alpha value is -2.47. The molecule has 6 heteroatoms. The van der Waals surface area contributed by atoms with Crippen LogP contribution in [0.3, 0.4) is 0 Å². The number of carboxylic acids is 1. The van der Waals surface area contributed by atoms with Gasteiger partial charge in [-0.25, -0.2) is 4.79 Å². The van der Waals surface area contributed by atoms with Gasteiger partial charge < -0.3 is 15.2 Å². The molecule has 1 saturated heterocycles. The lowest BCUT2D eigenvalue weighted by Crippen LogP contribution is -2.48. The zero-order valence-corrected chi connectivity index (χ0v) is 15.4. The maximum Gasteiger partial charge on any atom is 0.326 e. The Morgan fingerprint density at radius 2 is 2.07 bits per heavy atom. The minimum atomic E-state index is -1.02. The summed E-state index contributed by atoms with van der Waals surface area (Å²) in [4.78, 5) is 29.6. The third-order valence-corrected chi connectivity index (χ3v) is 5.44. The number of amides is 1. The van der Waals surface area contributed by atoms with Crippen LogP contribution in [0, 0.1) is 12.8 Å². The number of aryl methyl sites for hydroxylation is 1. The Balaban J connectivity index is 1.68. The summed E-state index contributed by atoms with van der Waals surface area (Å²) in [7, 11) is 0. The average molecular weight is 368 g/mol. The van der Waals surface area contributed by atoms with Crippen molar-refractivity contribution >= 4 is 22.8 Å². The van der Waals surface area contributed by atoms with Crippen molar-refractivity contribution in [3.8, 4) is 0 Å². The van der Waals surface area contributed by atoms with E-state index in [0.29, 0.717) is 24.7 Å². The lowest BCUT2D eigenvalue weighted by molar-refractivity contribution is -0.142. The zero-order valence-electron chi connectivity index (χ0n) is 15.4. The molecule has 1 saturated carbocycles. The summed E-state index contributed by atoms with van der Waals surface area (Å²) in [5.74, 6) is -1.18. The van der Waals surface area contributed by atoms with Gasteiger partial charge in [0.15, 0.2) is 0 Å². The number of carbonyl (C=O) groups excluding carboxylic acids is 1. The molecule has 0 spiro atoms. The second-order valence-electron chi connectivity index (χ2n) is 7.66. The largest absolute Gasteiger partial charge is 0.480 e. The Labute approximate surface area is 157 Å². The summed E-state index contributed by atoms with van der Waals surface area (Å²) < 4.78 is 5.42. The average Bonchev–Trinajstić information content (AvgIpc) is 3.51. The molecular formula is C21H24N2O4. The van der Waals surface area contributed by atoms with Crippen molar-refractivity contribution in [1.29, 1.82) is 0 Å². The highest BCUT2D eigenvalue weighted by Crippen LogP contribution is 2.40. The first-order valence-electron chi connectivity index (χ1n) is 9.55. The predicted octanol–water partition coefficient (Wildman–Crippen LogP) is 3.03. The summed E-state index contributed by atoms with van der Waals surface area (Å²) in [6, 6.07) is 6.73. The van der Waals surface area contributed by atoms with E-state index >= 15 is 0 Å². The van der Waals surface area contributed by atoms with Gasteiger partial charge in [0.2, 0.25) is 0 Å². The van der Waals surface area contributed by atoms with Crippen LogP contribution in [-0.2, 0) is 9.53 Å². The van der Waals surface area contributed by atoms with E-state index in [-0.39, 0.29) is 11.8 Å². The molecule has 2 fully saturated rings. The fourth-order valence-electron chi connectivity index (χ4n) is 3.76. The molecule has 2 atom stereocenters. The molecule has 142 valence electrons. The number of hydrogen-bond acceptors (Lipinski definition) is 4. The number of ether oxygens (including phenoxy) is 1. The fraction of sp³-hybridized carbons (Fsp3) is 0.476. The van der Waals surface area contributed by atoms with Crippen LogP contribution in [0.4, 0.5) is 0 Å². The summed E-state index contributed by atoms with van der Waals surface area (Å²) in [5, 5.41) is 13.2. The number of aliphatic carboxylic acids is 1. The van der Waals surface area contributed by atoms with Crippen LogP contribution in [-0.4, -0.2) is 41.2 Å². The molecule has 1 aliphatic carbocycles. The Morgan fingerprint density at radius 1 is 1.26 bits per heavy atom. The molecule has 2 aliphatic rings. The smallest absolute Gasteiger partial charge is 0.326 e. The number of carbonyl (C=O) groups is 2. The molecule has 0 radical (unpaired) electrons. The van der Waals surface area contributed by atoms with Gasteiger partial charge in [0.25, 0.3) is 5.91 Å². The van der Waals surface area contributed by atoms with Gasteiger partial charge in [-0.1, -0.05) is 11.6 Å². The van der Waals surface area contributed by atoms with E-state index in [4.69, 9.17) is 9.72 Å². The van der Waals surface area contributed by atoms with Crippen LogP contribution < -0.4 is 5.32 Å². The summed E-state index contributed by atoms with van der Waals surface area (Å²) in [6.45, 7) is 2.98. The molecule has 6 nitrogen and oxygen atoms in total. The molecule has 4 rings (SSSR count). The second-order valence-corrected chi connectivity index (χ2v) is 7.66. The number of hydrogen-bond donors (Lipinski definition) is 2. The molecule has 27 heavy (non-hydrogen) atoms. The molecule has 1 aromatic carbocycles. The van der Waals surface area contributed by atoms with Crippen molar-refractivity contribution in [1.82, 2.24) is 10.3 Å². The highest BCUT2D eigenvalue weighted by Gasteiger charge is 2.33. The minimum Gasteiger partial charge on any atom is -0.480 e. The Bertz CT molecular complexity index is 885. The van der Waals surface area contributed by atoms with Crippen LogP contribution >= 0.6 is 0 Å². The van der Waals surface area contributed by atoms with Gasteiger partial charge in [-0.3, -0.25) is 9.78 Å². The van der Waals surface area contributed by atoms with Crippen molar-refractivity contribution in [3.63, 3.8) is 0 Å². The van der Waals surface area contributed by atoms with Crippen molar-refractivity contribution < 1.29 is 19.4 Å². The van der Waals surface area contributed by atoms with Gasteiger partial charge in [-0.05, 0) is 50.8 Å². The maximum absolute atomic E-state index is 13.1. The number of nitrogens with one attached hydrogen (secondary N) is 1. The lowest BCUT2D eigenvalue weighted by atomic mass is 9.93. The van der Waals surface area contributed by atoms with Gasteiger partial charge in [-0.15, -0.1) is 0 Å². The van der Waals surface area contributed by atoms with E-state index < -0.39 is 12.0 Å². The number of carboxylic acid groups (broad SMARTS) is 1. The quantitative estimate of drug-likeness (QED) is 0.847. The third-order valence-electron chi connectivity index (χ3n) is 5.44. The molecule has 2 heterocycles. The van der Waals surface area contributed by atoms with Crippen molar-refractivity contribution in [2.45, 2.75) is 44.6 Å². The number of fused-ring (bicyclic) bond motifs is 1. The predicted molar refractivity (Wildman–Crippen MR) is 101 cm³/mol. The molecule has 1 aliphatic heterocycles. The molecule has 2 aromatic rings. The van der Waals surface area contributed by atoms with E-state index in [2.05, 4.69) is 5.32 Å². The van der Waals surface area contributed by atoms with Crippen molar-refractivity contribution in [2.24, 2.45) is 5.92 Å². The van der Waals surface area contributed by atoms with Crippen LogP contribution in [0.2, 0.25) is 0 Å². The highest BCUT2D eigenvalue weighted by molar-refractivity contribution is 6.07.